The van der Waals surface area contributed by atoms with Gasteiger partial charge in [0, 0.05) is 12.3 Å². The van der Waals surface area contributed by atoms with E-state index < -0.39 is 6.10 Å². The average molecular weight is 264 g/mol. The third-order valence-corrected chi connectivity index (χ3v) is 3.79. The van der Waals surface area contributed by atoms with Crippen molar-refractivity contribution in [1.82, 2.24) is 0 Å². The lowest BCUT2D eigenvalue weighted by Gasteiger charge is -2.18. The van der Waals surface area contributed by atoms with Crippen LogP contribution >= 0.6 is 0 Å². The number of hydrogen-bond acceptors (Lipinski definition) is 4. The molecule has 0 amide bonds. The smallest absolute Gasteiger partial charge is 0.161 e. The van der Waals surface area contributed by atoms with Crippen molar-refractivity contribution in [3.63, 3.8) is 0 Å². The van der Waals surface area contributed by atoms with Crippen molar-refractivity contribution in [2.75, 3.05) is 19.8 Å². The Morgan fingerprint density at radius 2 is 2.00 bits per heavy atom. The molecule has 0 bridgehead atoms. The maximum absolute atomic E-state index is 10.4. The predicted molar refractivity (Wildman–Crippen MR) is 70.5 cm³/mol. The van der Waals surface area contributed by atoms with E-state index in [2.05, 4.69) is 0 Å². The highest BCUT2D eigenvalue weighted by Gasteiger charge is 2.29. The van der Waals surface area contributed by atoms with Crippen molar-refractivity contribution in [3.05, 3.63) is 23.8 Å². The van der Waals surface area contributed by atoms with E-state index in [1.165, 1.54) is 0 Å². The van der Waals surface area contributed by atoms with Gasteiger partial charge in [-0.15, -0.1) is 0 Å². The Bertz CT molecular complexity index is 446. The first-order valence-electron chi connectivity index (χ1n) is 6.93. The summed E-state index contributed by atoms with van der Waals surface area (Å²) in [6.45, 7) is 4.01. The standard InChI is InChI=1S/C15H20O4/c1-10-7-12(9-19-10)15(16)11-3-4-13-14(8-11)18-6-2-5-17-13/h3-4,8,10,12,15-16H,2,5-7,9H2,1H3. The predicted octanol–water partition coefficient (Wildman–Crippen LogP) is 2.31. The Balaban J connectivity index is 1.79. The van der Waals surface area contributed by atoms with E-state index in [0.717, 1.165) is 29.9 Å². The van der Waals surface area contributed by atoms with Gasteiger partial charge in [-0.25, -0.2) is 0 Å². The van der Waals surface area contributed by atoms with Gasteiger partial charge in [-0.05, 0) is 31.0 Å². The van der Waals surface area contributed by atoms with Crippen molar-refractivity contribution in [1.29, 1.82) is 0 Å². The quantitative estimate of drug-likeness (QED) is 0.890. The molecule has 0 radical (unpaired) electrons. The summed E-state index contributed by atoms with van der Waals surface area (Å²) >= 11 is 0. The van der Waals surface area contributed by atoms with Crippen LogP contribution in [0.25, 0.3) is 0 Å². The molecule has 104 valence electrons. The van der Waals surface area contributed by atoms with Crippen LogP contribution in [0, 0.1) is 5.92 Å². The first-order chi connectivity index (χ1) is 9.24. The van der Waals surface area contributed by atoms with Gasteiger partial charge in [-0.3, -0.25) is 0 Å². The van der Waals surface area contributed by atoms with Gasteiger partial charge in [0.2, 0.25) is 0 Å². The molecular weight excluding hydrogens is 244 g/mol. The minimum absolute atomic E-state index is 0.166. The van der Waals surface area contributed by atoms with E-state index in [1.807, 2.05) is 25.1 Å². The van der Waals surface area contributed by atoms with E-state index >= 15 is 0 Å². The molecule has 1 fully saturated rings. The molecule has 3 rings (SSSR count). The summed E-state index contributed by atoms with van der Waals surface area (Å²) in [5, 5.41) is 10.4. The fourth-order valence-electron chi connectivity index (χ4n) is 2.71. The molecule has 2 heterocycles. The lowest BCUT2D eigenvalue weighted by molar-refractivity contribution is 0.0802. The number of fused-ring (bicyclic) bond motifs is 1. The highest BCUT2D eigenvalue weighted by molar-refractivity contribution is 5.44. The maximum atomic E-state index is 10.4. The zero-order valence-electron chi connectivity index (χ0n) is 11.2. The second-order valence-corrected chi connectivity index (χ2v) is 5.34. The summed E-state index contributed by atoms with van der Waals surface area (Å²) in [5.41, 5.74) is 0.881. The molecule has 2 aliphatic heterocycles. The molecule has 1 N–H and O–H groups in total. The zero-order valence-corrected chi connectivity index (χ0v) is 11.2. The Hall–Kier alpha value is -1.26. The first-order valence-corrected chi connectivity index (χ1v) is 6.93. The third-order valence-electron chi connectivity index (χ3n) is 3.79. The number of aliphatic hydroxyl groups excluding tert-OH is 1. The van der Waals surface area contributed by atoms with Crippen LogP contribution in [0.5, 0.6) is 11.5 Å². The van der Waals surface area contributed by atoms with Crippen molar-refractivity contribution < 1.29 is 19.3 Å². The number of rotatable bonds is 2. The Morgan fingerprint density at radius 3 is 2.74 bits per heavy atom. The molecule has 19 heavy (non-hydrogen) atoms. The van der Waals surface area contributed by atoms with Crippen LogP contribution in [0.1, 0.15) is 31.4 Å². The van der Waals surface area contributed by atoms with Crippen molar-refractivity contribution in [2.45, 2.75) is 32.0 Å². The molecule has 0 aliphatic carbocycles. The van der Waals surface area contributed by atoms with Gasteiger partial charge >= 0.3 is 0 Å². The lowest BCUT2D eigenvalue weighted by atomic mass is 9.93. The molecule has 3 unspecified atom stereocenters. The minimum Gasteiger partial charge on any atom is -0.490 e. The van der Waals surface area contributed by atoms with Crippen LogP contribution in [0.2, 0.25) is 0 Å². The summed E-state index contributed by atoms with van der Waals surface area (Å²) in [4.78, 5) is 0. The van der Waals surface area contributed by atoms with Crippen molar-refractivity contribution in [2.24, 2.45) is 5.92 Å². The number of ether oxygens (including phenoxy) is 3. The molecule has 1 aromatic rings. The molecule has 0 spiro atoms. The van der Waals surface area contributed by atoms with Crippen LogP contribution in [0.15, 0.2) is 18.2 Å². The van der Waals surface area contributed by atoms with E-state index in [-0.39, 0.29) is 12.0 Å². The molecular formula is C15H20O4. The Labute approximate surface area is 113 Å². The van der Waals surface area contributed by atoms with Gasteiger partial charge in [0.15, 0.2) is 11.5 Å². The highest BCUT2D eigenvalue weighted by Crippen LogP contribution is 2.36. The van der Waals surface area contributed by atoms with Crippen LogP contribution in [0.4, 0.5) is 0 Å². The van der Waals surface area contributed by atoms with Gasteiger partial charge in [-0.2, -0.15) is 0 Å². The second-order valence-electron chi connectivity index (χ2n) is 5.34. The van der Waals surface area contributed by atoms with Gasteiger partial charge < -0.3 is 19.3 Å². The monoisotopic (exact) mass is 264 g/mol. The summed E-state index contributed by atoms with van der Waals surface area (Å²) in [6, 6.07) is 5.70. The van der Waals surface area contributed by atoms with Crippen molar-refractivity contribution >= 4 is 0 Å². The fourth-order valence-corrected chi connectivity index (χ4v) is 2.71. The number of hydrogen-bond donors (Lipinski definition) is 1. The minimum atomic E-state index is -0.498. The molecule has 1 saturated heterocycles. The average Bonchev–Trinajstić information content (AvgIpc) is 2.72. The van der Waals surface area contributed by atoms with Gasteiger partial charge in [0.05, 0.1) is 32.0 Å². The molecule has 2 aliphatic rings. The van der Waals surface area contributed by atoms with Gasteiger partial charge in [-0.1, -0.05) is 6.07 Å². The van der Waals surface area contributed by atoms with E-state index in [1.54, 1.807) is 0 Å². The summed E-state index contributed by atoms with van der Waals surface area (Å²) < 4.78 is 16.8. The number of benzene rings is 1. The summed E-state index contributed by atoms with van der Waals surface area (Å²) in [6.07, 6.45) is 1.53. The normalized spacial score (nSPS) is 27.9. The molecule has 4 nitrogen and oxygen atoms in total. The van der Waals surface area contributed by atoms with Gasteiger partial charge in [0.25, 0.3) is 0 Å². The molecule has 4 heteroatoms. The van der Waals surface area contributed by atoms with Crippen LogP contribution in [-0.2, 0) is 4.74 Å². The van der Waals surface area contributed by atoms with Crippen LogP contribution in [-0.4, -0.2) is 31.0 Å². The topological polar surface area (TPSA) is 47.9 Å². The lowest BCUT2D eigenvalue weighted by Crippen LogP contribution is -2.13. The van der Waals surface area contributed by atoms with E-state index in [4.69, 9.17) is 14.2 Å². The Morgan fingerprint density at radius 1 is 1.21 bits per heavy atom. The largest absolute Gasteiger partial charge is 0.490 e. The van der Waals surface area contributed by atoms with Gasteiger partial charge in [0.1, 0.15) is 0 Å². The molecule has 3 atom stereocenters. The zero-order chi connectivity index (χ0) is 13.2. The molecule has 0 saturated carbocycles. The third kappa shape index (κ3) is 2.69. The van der Waals surface area contributed by atoms with E-state index in [0.29, 0.717) is 19.8 Å². The van der Waals surface area contributed by atoms with E-state index in [9.17, 15) is 5.11 Å². The fraction of sp³-hybridized carbons (Fsp3) is 0.600. The highest BCUT2D eigenvalue weighted by atomic mass is 16.5. The first kappa shape index (κ1) is 12.8. The maximum Gasteiger partial charge on any atom is 0.161 e. The van der Waals surface area contributed by atoms with Crippen LogP contribution < -0.4 is 9.47 Å². The molecule has 0 aromatic heterocycles. The summed E-state index contributed by atoms with van der Waals surface area (Å²) in [7, 11) is 0. The summed E-state index contributed by atoms with van der Waals surface area (Å²) in [5.74, 6) is 1.67. The molecule has 1 aromatic carbocycles. The Kier molecular flexibility index (Phi) is 3.62. The van der Waals surface area contributed by atoms with Crippen molar-refractivity contribution in [3.8, 4) is 11.5 Å². The number of aliphatic hydroxyl groups is 1. The SMILES string of the molecule is CC1CC(C(O)c2ccc3c(c2)OCCCO3)CO1. The van der Waals surface area contributed by atoms with Crippen LogP contribution in [0.3, 0.4) is 0 Å². The second kappa shape index (κ2) is 5.39.